The predicted molar refractivity (Wildman–Crippen MR) is 52.4 cm³/mol. The maximum absolute atomic E-state index is 12.9. The Hall–Kier alpha value is -1.55. The fourth-order valence-electron chi connectivity index (χ4n) is 1.17. The van der Waals surface area contributed by atoms with Crippen LogP contribution in [0.3, 0.4) is 0 Å². The lowest BCUT2D eigenvalue weighted by molar-refractivity contribution is 0.509. The van der Waals surface area contributed by atoms with Crippen molar-refractivity contribution < 1.29 is 8.78 Å². The third-order valence-electron chi connectivity index (χ3n) is 1.86. The van der Waals surface area contributed by atoms with Gasteiger partial charge in [0, 0.05) is 11.8 Å². The van der Waals surface area contributed by atoms with Gasteiger partial charge in [-0.05, 0) is 18.2 Å². The summed E-state index contributed by atoms with van der Waals surface area (Å²) >= 11 is 5.81. The lowest BCUT2D eigenvalue weighted by Crippen LogP contribution is -1.89. The Morgan fingerprint density at radius 2 is 1.93 bits per heavy atom. The Balaban J connectivity index is 2.55. The van der Waals surface area contributed by atoms with Crippen LogP contribution < -0.4 is 0 Å². The molecule has 1 aromatic carbocycles. The van der Waals surface area contributed by atoms with Gasteiger partial charge in [-0.2, -0.15) is 0 Å². The standard InChI is InChI=1S/C10H5ClF2N2/c11-7-4-14-5-15-10(7)6-1-2-8(12)9(13)3-6/h1-5H. The Morgan fingerprint density at radius 3 is 2.60 bits per heavy atom. The summed E-state index contributed by atoms with van der Waals surface area (Å²) in [6, 6.07) is 3.49. The van der Waals surface area contributed by atoms with Crippen molar-refractivity contribution in [1.29, 1.82) is 0 Å². The molecule has 0 fully saturated rings. The zero-order chi connectivity index (χ0) is 10.8. The first-order valence-corrected chi connectivity index (χ1v) is 4.47. The highest BCUT2D eigenvalue weighted by molar-refractivity contribution is 6.32. The highest BCUT2D eigenvalue weighted by atomic mass is 35.5. The van der Waals surface area contributed by atoms with Crippen LogP contribution in [0.2, 0.25) is 5.02 Å². The number of aromatic nitrogens is 2. The molecule has 76 valence electrons. The molecule has 0 saturated carbocycles. The molecule has 2 rings (SSSR count). The van der Waals surface area contributed by atoms with Gasteiger partial charge in [0.2, 0.25) is 0 Å². The van der Waals surface area contributed by atoms with Crippen molar-refractivity contribution in [3.8, 4) is 11.3 Å². The monoisotopic (exact) mass is 226 g/mol. The average molecular weight is 227 g/mol. The quantitative estimate of drug-likeness (QED) is 0.747. The molecule has 2 aromatic rings. The summed E-state index contributed by atoms with van der Waals surface area (Å²) in [6.07, 6.45) is 2.69. The average Bonchev–Trinajstić information content (AvgIpc) is 2.23. The Morgan fingerprint density at radius 1 is 1.13 bits per heavy atom. The van der Waals surface area contributed by atoms with Crippen LogP contribution in [0.5, 0.6) is 0 Å². The van der Waals surface area contributed by atoms with E-state index in [0.29, 0.717) is 16.3 Å². The highest BCUT2D eigenvalue weighted by Crippen LogP contribution is 2.25. The molecule has 0 N–H and O–H groups in total. The molecule has 0 bridgehead atoms. The topological polar surface area (TPSA) is 25.8 Å². The van der Waals surface area contributed by atoms with Gasteiger partial charge in [-0.25, -0.2) is 18.7 Å². The van der Waals surface area contributed by atoms with Gasteiger partial charge in [0.25, 0.3) is 0 Å². The van der Waals surface area contributed by atoms with Gasteiger partial charge in [0.15, 0.2) is 11.6 Å². The minimum absolute atomic E-state index is 0.295. The number of halogens is 3. The Kier molecular flexibility index (Phi) is 2.60. The van der Waals surface area contributed by atoms with Gasteiger partial charge in [-0.1, -0.05) is 11.6 Å². The number of hydrogen-bond acceptors (Lipinski definition) is 2. The third-order valence-corrected chi connectivity index (χ3v) is 2.14. The van der Waals surface area contributed by atoms with Crippen LogP contribution >= 0.6 is 11.6 Å². The summed E-state index contributed by atoms with van der Waals surface area (Å²) < 4.78 is 25.6. The molecule has 0 atom stereocenters. The van der Waals surface area contributed by atoms with Crippen LogP contribution in [0.15, 0.2) is 30.7 Å². The fourth-order valence-corrected chi connectivity index (χ4v) is 1.38. The molecule has 0 aliphatic heterocycles. The molecule has 1 heterocycles. The van der Waals surface area contributed by atoms with E-state index in [2.05, 4.69) is 9.97 Å². The lowest BCUT2D eigenvalue weighted by Gasteiger charge is -2.02. The summed E-state index contributed by atoms with van der Waals surface area (Å²) in [4.78, 5) is 7.59. The van der Waals surface area contributed by atoms with Crippen molar-refractivity contribution in [1.82, 2.24) is 9.97 Å². The second-order valence-electron chi connectivity index (χ2n) is 2.85. The molecule has 1 aromatic heterocycles. The number of benzene rings is 1. The van der Waals surface area contributed by atoms with E-state index >= 15 is 0 Å². The van der Waals surface area contributed by atoms with Crippen LogP contribution in [-0.4, -0.2) is 9.97 Å². The van der Waals surface area contributed by atoms with Crippen LogP contribution in [-0.2, 0) is 0 Å². The van der Waals surface area contributed by atoms with Crippen molar-refractivity contribution in [3.63, 3.8) is 0 Å². The number of hydrogen-bond donors (Lipinski definition) is 0. The minimum atomic E-state index is -0.929. The van der Waals surface area contributed by atoms with E-state index in [9.17, 15) is 8.78 Å². The zero-order valence-electron chi connectivity index (χ0n) is 7.42. The second-order valence-corrected chi connectivity index (χ2v) is 3.26. The molecule has 2 nitrogen and oxygen atoms in total. The van der Waals surface area contributed by atoms with Crippen molar-refractivity contribution in [2.45, 2.75) is 0 Å². The summed E-state index contributed by atoms with van der Waals surface area (Å²) in [6.45, 7) is 0. The molecular weight excluding hydrogens is 222 g/mol. The van der Waals surface area contributed by atoms with E-state index in [1.54, 1.807) is 0 Å². The SMILES string of the molecule is Fc1ccc(-c2ncncc2Cl)cc1F. The molecule has 0 aliphatic carbocycles. The van der Waals surface area contributed by atoms with E-state index in [4.69, 9.17) is 11.6 Å². The minimum Gasteiger partial charge on any atom is -0.243 e. The van der Waals surface area contributed by atoms with Gasteiger partial charge in [-0.3, -0.25) is 0 Å². The van der Waals surface area contributed by atoms with Gasteiger partial charge >= 0.3 is 0 Å². The summed E-state index contributed by atoms with van der Waals surface area (Å²) in [5.74, 6) is -1.83. The van der Waals surface area contributed by atoms with Crippen molar-refractivity contribution in [2.75, 3.05) is 0 Å². The van der Waals surface area contributed by atoms with Crippen LogP contribution in [0.4, 0.5) is 8.78 Å². The molecule has 0 amide bonds. The summed E-state index contributed by atoms with van der Waals surface area (Å²) in [7, 11) is 0. The van der Waals surface area contributed by atoms with Gasteiger partial charge in [0.1, 0.15) is 6.33 Å². The zero-order valence-corrected chi connectivity index (χ0v) is 8.17. The van der Waals surface area contributed by atoms with E-state index in [1.807, 2.05) is 0 Å². The molecule has 0 aliphatic rings. The largest absolute Gasteiger partial charge is 0.243 e. The Bertz CT molecular complexity index is 503. The molecule has 15 heavy (non-hydrogen) atoms. The van der Waals surface area contributed by atoms with Crippen molar-refractivity contribution in [3.05, 3.63) is 47.4 Å². The number of nitrogens with zero attached hydrogens (tertiary/aromatic N) is 2. The molecular formula is C10H5ClF2N2. The van der Waals surface area contributed by atoms with Gasteiger partial charge in [-0.15, -0.1) is 0 Å². The molecule has 0 saturated heterocycles. The Labute approximate surface area is 89.6 Å². The second kappa shape index (κ2) is 3.90. The van der Waals surface area contributed by atoms with E-state index in [-0.39, 0.29) is 0 Å². The van der Waals surface area contributed by atoms with Crippen molar-refractivity contribution in [2.24, 2.45) is 0 Å². The van der Waals surface area contributed by atoms with E-state index in [1.165, 1.54) is 18.6 Å². The summed E-state index contributed by atoms with van der Waals surface area (Å²) in [5, 5.41) is 0.295. The first-order chi connectivity index (χ1) is 7.18. The smallest absolute Gasteiger partial charge is 0.159 e. The fraction of sp³-hybridized carbons (Fsp3) is 0. The first-order valence-electron chi connectivity index (χ1n) is 4.09. The molecule has 0 radical (unpaired) electrons. The number of rotatable bonds is 1. The normalized spacial score (nSPS) is 10.3. The first kappa shape index (κ1) is 9.98. The maximum atomic E-state index is 12.9. The van der Waals surface area contributed by atoms with Crippen molar-refractivity contribution >= 4 is 11.6 Å². The van der Waals surface area contributed by atoms with Gasteiger partial charge < -0.3 is 0 Å². The molecule has 5 heteroatoms. The van der Waals surface area contributed by atoms with Crippen LogP contribution in [0.1, 0.15) is 0 Å². The lowest BCUT2D eigenvalue weighted by atomic mass is 10.1. The van der Waals surface area contributed by atoms with Crippen LogP contribution in [0, 0.1) is 11.6 Å². The van der Waals surface area contributed by atoms with Gasteiger partial charge in [0.05, 0.1) is 10.7 Å². The highest BCUT2D eigenvalue weighted by Gasteiger charge is 2.08. The van der Waals surface area contributed by atoms with E-state index in [0.717, 1.165) is 12.1 Å². The predicted octanol–water partition coefficient (Wildman–Crippen LogP) is 3.08. The maximum Gasteiger partial charge on any atom is 0.159 e. The summed E-state index contributed by atoms with van der Waals surface area (Å²) in [5.41, 5.74) is 0.798. The van der Waals surface area contributed by atoms with Crippen LogP contribution in [0.25, 0.3) is 11.3 Å². The third kappa shape index (κ3) is 1.94. The molecule has 0 unspecified atom stereocenters. The van der Waals surface area contributed by atoms with E-state index < -0.39 is 11.6 Å². The molecule has 0 spiro atoms.